The van der Waals surface area contributed by atoms with Crippen molar-refractivity contribution in [3.05, 3.63) is 64.1 Å². The molecule has 0 aromatic heterocycles. The number of halogens is 1. The molecular formula is C18H19BrN2O2. The first-order chi connectivity index (χ1) is 11.0. The Bertz CT molecular complexity index is 696. The lowest BCUT2D eigenvalue weighted by molar-refractivity contribution is -0.136. The van der Waals surface area contributed by atoms with E-state index in [1.54, 1.807) is 18.2 Å². The number of rotatable bonds is 4. The van der Waals surface area contributed by atoms with Gasteiger partial charge < -0.3 is 10.6 Å². The maximum absolute atomic E-state index is 11.8. The molecule has 2 amide bonds. The van der Waals surface area contributed by atoms with Crippen LogP contribution in [0.25, 0.3) is 0 Å². The van der Waals surface area contributed by atoms with Crippen molar-refractivity contribution in [2.45, 2.75) is 26.3 Å². The zero-order valence-corrected chi connectivity index (χ0v) is 14.7. The highest BCUT2D eigenvalue weighted by molar-refractivity contribution is 9.10. The monoisotopic (exact) mass is 374 g/mol. The Morgan fingerprint density at radius 2 is 1.74 bits per heavy atom. The molecule has 0 aliphatic carbocycles. The zero-order chi connectivity index (χ0) is 16.8. The van der Waals surface area contributed by atoms with E-state index >= 15 is 0 Å². The first-order valence-electron chi connectivity index (χ1n) is 7.39. The summed E-state index contributed by atoms with van der Waals surface area (Å²) in [6.07, 6.45) is 0. The smallest absolute Gasteiger partial charge is 0.313 e. The Hall–Kier alpha value is -2.14. The molecule has 0 fully saturated rings. The zero-order valence-electron chi connectivity index (χ0n) is 13.1. The second-order valence-electron chi connectivity index (χ2n) is 5.54. The Labute approximate surface area is 144 Å². The van der Waals surface area contributed by atoms with Crippen LogP contribution in [0.4, 0.5) is 5.69 Å². The van der Waals surface area contributed by atoms with Gasteiger partial charge in [0.1, 0.15) is 0 Å². The van der Waals surface area contributed by atoms with Crippen molar-refractivity contribution < 1.29 is 9.59 Å². The standard InChI is InChI=1S/C18H19BrN2O2/c1-12(2)14-8-6-13(7-9-14)11-20-17(22)18(23)21-16-5-3-4-15(19)10-16/h3-10,12H,11H2,1-2H3,(H,20,22)(H,21,23). The number of nitrogens with one attached hydrogen (secondary N) is 2. The molecule has 0 saturated heterocycles. The van der Waals surface area contributed by atoms with E-state index in [0.717, 1.165) is 10.0 Å². The molecule has 0 atom stereocenters. The van der Waals surface area contributed by atoms with Crippen molar-refractivity contribution in [3.8, 4) is 0 Å². The van der Waals surface area contributed by atoms with E-state index in [1.807, 2.05) is 30.3 Å². The molecule has 2 rings (SSSR count). The summed E-state index contributed by atoms with van der Waals surface area (Å²) in [7, 11) is 0. The molecule has 120 valence electrons. The molecule has 0 unspecified atom stereocenters. The Kier molecular flexibility index (Phi) is 5.93. The second-order valence-corrected chi connectivity index (χ2v) is 6.46. The summed E-state index contributed by atoms with van der Waals surface area (Å²) in [6, 6.07) is 15.1. The van der Waals surface area contributed by atoms with E-state index in [0.29, 0.717) is 18.2 Å². The molecule has 2 aromatic rings. The van der Waals surface area contributed by atoms with Crippen molar-refractivity contribution in [2.24, 2.45) is 0 Å². The molecule has 2 aromatic carbocycles. The summed E-state index contributed by atoms with van der Waals surface area (Å²) >= 11 is 3.31. The maximum Gasteiger partial charge on any atom is 0.313 e. The second kappa shape index (κ2) is 7.92. The Balaban J connectivity index is 1.87. The quantitative estimate of drug-likeness (QED) is 0.798. The third-order valence-electron chi connectivity index (χ3n) is 3.39. The summed E-state index contributed by atoms with van der Waals surface area (Å²) in [5.41, 5.74) is 2.77. The summed E-state index contributed by atoms with van der Waals surface area (Å²) < 4.78 is 0.834. The van der Waals surface area contributed by atoms with Gasteiger partial charge in [-0.3, -0.25) is 9.59 Å². The Morgan fingerprint density at radius 3 is 2.35 bits per heavy atom. The van der Waals surface area contributed by atoms with Gasteiger partial charge in [0, 0.05) is 16.7 Å². The van der Waals surface area contributed by atoms with Crippen LogP contribution in [0.15, 0.2) is 53.0 Å². The van der Waals surface area contributed by atoms with Crippen LogP contribution in [-0.4, -0.2) is 11.8 Å². The lowest BCUT2D eigenvalue weighted by Gasteiger charge is -2.09. The molecule has 0 radical (unpaired) electrons. The van der Waals surface area contributed by atoms with E-state index in [1.165, 1.54) is 5.56 Å². The number of anilines is 1. The average molecular weight is 375 g/mol. The molecule has 2 N–H and O–H groups in total. The van der Waals surface area contributed by atoms with Crippen molar-refractivity contribution in [2.75, 3.05) is 5.32 Å². The van der Waals surface area contributed by atoms with Gasteiger partial charge in [-0.05, 0) is 35.2 Å². The SMILES string of the molecule is CC(C)c1ccc(CNC(=O)C(=O)Nc2cccc(Br)c2)cc1. The van der Waals surface area contributed by atoms with Gasteiger partial charge in [0.25, 0.3) is 0 Å². The van der Waals surface area contributed by atoms with Gasteiger partial charge in [0.2, 0.25) is 0 Å². The highest BCUT2D eigenvalue weighted by atomic mass is 79.9. The first-order valence-corrected chi connectivity index (χ1v) is 8.18. The summed E-state index contributed by atoms with van der Waals surface area (Å²) in [6.45, 7) is 4.58. The summed E-state index contributed by atoms with van der Waals surface area (Å²) in [5, 5.41) is 5.18. The predicted octanol–water partition coefficient (Wildman–Crippen LogP) is 3.83. The minimum Gasteiger partial charge on any atom is -0.344 e. The number of benzene rings is 2. The van der Waals surface area contributed by atoms with Gasteiger partial charge in [0.15, 0.2) is 0 Å². The molecule has 0 spiro atoms. The molecule has 0 heterocycles. The van der Waals surface area contributed by atoms with E-state index in [2.05, 4.69) is 40.4 Å². The Morgan fingerprint density at radius 1 is 1.04 bits per heavy atom. The van der Waals surface area contributed by atoms with Crippen molar-refractivity contribution in [3.63, 3.8) is 0 Å². The molecule has 23 heavy (non-hydrogen) atoms. The molecule has 5 heteroatoms. The molecular weight excluding hydrogens is 356 g/mol. The van der Waals surface area contributed by atoms with E-state index in [-0.39, 0.29) is 0 Å². The topological polar surface area (TPSA) is 58.2 Å². The fraction of sp³-hybridized carbons (Fsp3) is 0.222. The van der Waals surface area contributed by atoms with E-state index in [4.69, 9.17) is 0 Å². The van der Waals surface area contributed by atoms with Crippen LogP contribution in [0.1, 0.15) is 30.9 Å². The fourth-order valence-electron chi connectivity index (χ4n) is 2.04. The van der Waals surface area contributed by atoms with Crippen LogP contribution in [0, 0.1) is 0 Å². The van der Waals surface area contributed by atoms with Crippen LogP contribution in [0.2, 0.25) is 0 Å². The largest absolute Gasteiger partial charge is 0.344 e. The average Bonchev–Trinajstić information content (AvgIpc) is 2.53. The normalized spacial score (nSPS) is 10.4. The number of hydrogen-bond donors (Lipinski definition) is 2. The highest BCUT2D eigenvalue weighted by Crippen LogP contribution is 2.16. The van der Waals surface area contributed by atoms with Crippen LogP contribution >= 0.6 is 15.9 Å². The van der Waals surface area contributed by atoms with Gasteiger partial charge in [-0.2, -0.15) is 0 Å². The molecule has 0 aliphatic heterocycles. The van der Waals surface area contributed by atoms with Gasteiger partial charge in [-0.25, -0.2) is 0 Å². The number of carbonyl (C=O) groups is 2. The molecule has 0 aliphatic rings. The number of carbonyl (C=O) groups excluding carboxylic acids is 2. The van der Waals surface area contributed by atoms with Crippen LogP contribution in [0.3, 0.4) is 0 Å². The predicted molar refractivity (Wildman–Crippen MR) is 95.1 cm³/mol. The van der Waals surface area contributed by atoms with Crippen LogP contribution in [-0.2, 0) is 16.1 Å². The lowest BCUT2D eigenvalue weighted by atomic mass is 10.0. The van der Waals surface area contributed by atoms with Gasteiger partial charge >= 0.3 is 11.8 Å². The highest BCUT2D eigenvalue weighted by Gasteiger charge is 2.13. The van der Waals surface area contributed by atoms with Crippen LogP contribution < -0.4 is 10.6 Å². The van der Waals surface area contributed by atoms with Crippen molar-refractivity contribution in [1.82, 2.24) is 5.32 Å². The van der Waals surface area contributed by atoms with Gasteiger partial charge in [-0.15, -0.1) is 0 Å². The minimum atomic E-state index is -0.679. The first kappa shape index (κ1) is 17.2. The van der Waals surface area contributed by atoms with Crippen LogP contribution in [0.5, 0.6) is 0 Å². The summed E-state index contributed by atoms with van der Waals surface area (Å²) in [4.78, 5) is 23.7. The maximum atomic E-state index is 11.8. The van der Waals surface area contributed by atoms with E-state index < -0.39 is 11.8 Å². The van der Waals surface area contributed by atoms with Crippen molar-refractivity contribution in [1.29, 1.82) is 0 Å². The number of amides is 2. The fourth-order valence-corrected chi connectivity index (χ4v) is 2.44. The summed E-state index contributed by atoms with van der Waals surface area (Å²) in [5.74, 6) is -0.866. The minimum absolute atomic E-state index is 0.323. The molecule has 4 nitrogen and oxygen atoms in total. The third kappa shape index (κ3) is 5.21. The molecule has 0 bridgehead atoms. The molecule has 0 saturated carbocycles. The van der Waals surface area contributed by atoms with E-state index in [9.17, 15) is 9.59 Å². The van der Waals surface area contributed by atoms with Gasteiger partial charge in [-0.1, -0.05) is 60.1 Å². The van der Waals surface area contributed by atoms with Crippen molar-refractivity contribution >= 4 is 33.4 Å². The lowest BCUT2D eigenvalue weighted by Crippen LogP contribution is -2.34. The van der Waals surface area contributed by atoms with Gasteiger partial charge in [0.05, 0.1) is 0 Å². The number of hydrogen-bond acceptors (Lipinski definition) is 2. The third-order valence-corrected chi connectivity index (χ3v) is 3.88.